The predicted octanol–water partition coefficient (Wildman–Crippen LogP) is 1.65. The fraction of sp³-hybridized carbons (Fsp3) is 0.462. The summed E-state index contributed by atoms with van der Waals surface area (Å²) in [6, 6.07) is 0. The molecule has 1 aliphatic rings. The SMILES string of the molecule is COC1(C)Cc2c(C=O)c(O)c(C)c(O)c2CO1. The Morgan fingerprint density at radius 1 is 1.33 bits per heavy atom. The monoisotopic (exact) mass is 252 g/mol. The lowest BCUT2D eigenvalue weighted by atomic mass is 9.89. The van der Waals surface area contributed by atoms with Gasteiger partial charge >= 0.3 is 0 Å². The van der Waals surface area contributed by atoms with Crippen molar-refractivity contribution in [2.45, 2.75) is 32.7 Å². The van der Waals surface area contributed by atoms with E-state index in [9.17, 15) is 15.0 Å². The zero-order chi connectivity index (χ0) is 13.5. The first kappa shape index (κ1) is 12.9. The average Bonchev–Trinajstić information content (AvgIpc) is 2.37. The van der Waals surface area contributed by atoms with Crippen molar-refractivity contribution in [2.24, 2.45) is 0 Å². The summed E-state index contributed by atoms with van der Waals surface area (Å²) in [5, 5.41) is 19.9. The van der Waals surface area contributed by atoms with Crippen LogP contribution in [0.25, 0.3) is 0 Å². The van der Waals surface area contributed by atoms with Gasteiger partial charge in [0.15, 0.2) is 12.1 Å². The molecular weight excluding hydrogens is 236 g/mol. The van der Waals surface area contributed by atoms with Gasteiger partial charge in [0.2, 0.25) is 0 Å². The molecule has 1 aromatic carbocycles. The molecule has 0 radical (unpaired) electrons. The number of aromatic hydroxyl groups is 2. The summed E-state index contributed by atoms with van der Waals surface area (Å²) >= 11 is 0. The van der Waals surface area contributed by atoms with Gasteiger partial charge in [-0.1, -0.05) is 0 Å². The molecule has 1 aliphatic heterocycles. The molecule has 1 aromatic rings. The molecule has 0 saturated carbocycles. The molecule has 0 aliphatic carbocycles. The molecule has 2 N–H and O–H groups in total. The Balaban J connectivity index is 2.66. The number of phenols is 2. The quantitative estimate of drug-likeness (QED) is 0.783. The molecule has 5 nitrogen and oxygen atoms in total. The highest BCUT2D eigenvalue weighted by atomic mass is 16.7. The normalized spacial score (nSPS) is 22.6. The largest absolute Gasteiger partial charge is 0.507 e. The van der Waals surface area contributed by atoms with Crippen molar-refractivity contribution in [3.05, 3.63) is 22.3 Å². The number of ether oxygens (including phenoxy) is 2. The van der Waals surface area contributed by atoms with Crippen molar-refractivity contribution >= 4 is 6.29 Å². The second-order valence-electron chi connectivity index (χ2n) is 4.61. The first-order chi connectivity index (χ1) is 8.43. The van der Waals surface area contributed by atoms with Crippen LogP contribution in [0.3, 0.4) is 0 Å². The van der Waals surface area contributed by atoms with Gasteiger partial charge < -0.3 is 19.7 Å². The molecular formula is C13H16O5. The van der Waals surface area contributed by atoms with E-state index < -0.39 is 5.79 Å². The highest BCUT2D eigenvalue weighted by molar-refractivity contribution is 5.84. The maximum absolute atomic E-state index is 11.1. The van der Waals surface area contributed by atoms with Crippen LogP contribution >= 0.6 is 0 Å². The van der Waals surface area contributed by atoms with Gasteiger partial charge in [-0.15, -0.1) is 0 Å². The Labute approximate surface area is 105 Å². The van der Waals surface area contributed by atoms with E-state index in [0.717, 1.165) is 0 Å². The van der Waals surface area contributed by atoms with Crippen molar-refractivity contribution in [3.63, 3.8) is 0 Å². The average molecular weight is 252 g/mol. The third-order valence-corrected chi connectivity index (χ3v) is 3.51. The summed E-state index contributed by atoms with van der Waals surface area (Å²) in [7, 11) is 1.51. The standard InChI is InChI=1S/C13H16O5/c1-7-11(15)9(5-14)8-4-13(2,17-3)18-6-10(8)12(7)16/h5,15-16H,4,6H2,1-3H3. The Morgan fingerprint density at radius 2 is 2.00 bits per heavy atom. The summed E-state index contributed by atoms with van der Waals surface area (Å²) in [5.74, 6) is -1.05. The van der Waals surface area contributed by atoms with Crippen LogP contribution in [0.1, 0.15) is 34.0 Å². The lowest BCUT2D eigenvalue weighted by Gasteiger charge is -2.35. The van der Waals surface area contributed by atoms with Crippen molar-refractivity contribution in [2.75, 3.05) is 7.11 Å². The first-order valence-electron chi connectivity index (χ1n) is 5.64. The zero-order valence-corrected chi connectivity index (χ0v) is 10.6. The van der Waals surface area contributed by atoms with Crippen molar-refractivity contribution in [1.29, 1.82) is 0 Å². The molecule has 0 fully saturated rings. The summed E-state index contributed by atoms with van der Waals surface area (Å²) in [4.78, 5) is 11.1. The minimum atomic E-state index is -0.848. The third kappa shape index (κ3) is 1.76. The summed E-state index contributed by atoms with van der Waals surface area (Å²) in [6.07, 6.45) is 0.899. The maximum atomic E-state index is 11.1. The van der Waals surface area contributed by atoms with E-state index in [0.29, 0.717) is 29.4 Å². The molecule has 0 saturated heterocycles. The Bertz CT molecular complexity index is 509. The molecule has 98 valence electrons. The van der Waals surface area contributed by atoms with Gasteiger partial charge in [-0.25, -0.2) is 0 Å². The highest BCUT2D eigenvalue weighted by Crippen LogP contribution is 2.41. The number of rotatable bonds is 2. The maximum Gasteiger partial charge on any atom is 0.169 e. The lowest BCUT2D eigenvalue weighted by Crippen LogP contribution is -2.37. The molecule has 0 bridgehead atoms. The molecule has 1 atom stereocenters. The fourth-order valence-corrected chi connectivity index (χ4v) is 2.20. The van der Waals surface area contributed by atoms with Gasteiger partial charge in [-0.05, 0) is 19.4 Å². The van der Waals surface area contributed by atoms with Gasteiger partial charge in [0.1, 0.15) is 11.5 Å². The van der Waals surface area contributed by atoms with Crippen molar-refractivity contribution in [3.8, 4) is 11.5 Å². The predicted molar refractivity (Wildman–Crippen MR) is 63.8 cm³/mol. The number of hydrogen-bond acceptors (Lipinski definition) is 5. The summed E-state index contributed by atoms with van der Waals surface area (Å²) in [6.45, 7) is 3.45. The summed E-state index contributed by atoms with van der Waals surface area (Å²) in [5.41, 5.74) is 1.62. The van der Waals surface area contributed by atoms with E-state index in [2.05, 4.69) is 0 Å². The Hall–Kier alpha value is -1.59. The molecule has 1 unspecified atom stereocenters. The Morgan fingerprint density at radius 3 is 2.56 bits per heavy atom. The minimum absolute atomic E-state index is 0.0220. The first-order valence-corrected chi connectivity index (χ1v) is 5.64. The smallest absolute Gasteiger partial charge is 0.169 e. The van der Waals surface area contributed by atoms with Gasteiger partial charge in [0.25, 0.3) is 0 Å². The van der Waals surface area contributed by atoms with Crippen molar-refractivity contribution in [1.82, 2.24) is 0 Å². The van der Waals surface area contributed by atoms with Gasteiger partial charge in [-0.3, -0.25) is 4.79 Å². The van der Waals surface area contributed by atoms with E-state index in [1.807, 2.05) is 0 Å². The van der Waals surface area contributed by atoms with Gasteiger partial charge in [0.05, 0.1) is 12.2 Å². The van der Waals surface area contributed by atoms with Crippen LogP contribution in [0.4, 0.5) is 0 Å². The fourth-order valence-electron chi connectivity index (χ4n) is 2.20. The third-order valence-electron chi connectivity index (χ3n) is 3.51. The highest BCUT2D eigenvalue weighted by Gasteiger charge is 2.35. The number of aldehydes is 1. The van der Waals surface area contributed by atoms with Gasteiger partial charge in [0, 0.05) is 24.7 Å². The second kappa shape index (κ2) is 4.26. The van der Waals surface area contributed by atoms with Crippen LogP contribution in [-0.4, -0.2) is 29.4 Å². The molecule has 0 spiro atoms. The lowest BCUT2D eigenvalue weighted by molar-refractivity contribution is -0.223. The summed E-state index contributed by atoms with van der Waals surface area (Å²) < 4.78 is 10.8. The van der Waals surface area contributed by atoms with Crippen LogP contribution in [-0.2, 0) is 22.5 Å². The van der Waals surface area contributed by atoms with E-state index in [1.54, 1.807) is 13.8 Å². The number of benzene rings is 1. The van der Waals surface area contributed by atoms with Crippen LogP contribution in [0.5, 0.6) is 11.5 Å². The zero-order valence-electron chi connectivity index (χ0n) is 10.6. The number of carbonyl (C=O) groups is 1. The minimum Gasteiger partial charge on any atom is -0.507 e. The van der Waals surface area contributed by atoms with E-state index >= 15 is 0 Å². The van der Waals surface area contributed by atoms with E-state index in [-0.39, 0.29) is 23.7 Å². The molecule has 1 heterocycles. The van der Waals surface area contributed by atoms with Crippen LogP contribution in [0, 0.1) is 6.92 Å². The molecule has 0 aromatic heterocycles. The topological polar surface area (TPSA) is 76.0 Å². The van der Waals surface area contributed by atoms with Gasteiger partial charge in [-0.2, -0.15) is 0 Å². The number of hydrogen-bond donors (Lipinski definition) is 2. The number of phenolic OH excluding ortho intramolecular Hbond substituents is 2. The van der Waals surface area contributed by atoms with Crippen LogP contribution in [0.2, 0.25) is 0 Å². The molecule has 0 amide bonds. The van der Waals surface area contributed by atoms with Crippen LogP contribution < -0.4 is 0 Å². The molecule has 18 heavy (non-hydrogen) atoms. The molecule has 5 heteroatoms. The number of carbonyl (C=O) groups excluding carboxylic acids is 1. The van der Waals surface area contributed by atoms with E-state index in [1.165, 1.54) is 7.11 Å². The molecule has 2 rings (SSSR count). The Kier molecular flexibility index (Phi) is 3.04. The number of fused-ring (bicyclic) bond motifs is 1. The second-order valence-corrected chi connectivity index (χ2v) is 4.61. The van der Waals surface area contributed by atoms with Crippen LogP contribution in [0.15, 0.2) is 0 Å². The van der Waals surface area contributed by atoms with E-state index in [4.69, 9.17) is 9.47 Å². The van der Waals surface area contributed by atoms with Crippen molar-refractivity contribution < 1.29 is 24.5 Å². The number of methoxy groups -OCH3 is 1.